The highest BCUT2D eigenvalue weighted by Gasteiger charge is 2.42. The summed E-state index contributed by atoms with van der Waals surface area (Å²) in [5.41, 5.74) is 1.77. The van der Waals surface area contributed by atoms with Crippen LogP contribution in [-0.2, 0) is 14.4 Å². The molecule has 1 heterocycles. The quantitative estimate of drug-likeness (QED) is 0.250. The van der Waals surface area contributed by atoms with E-state index in [0.717, 1.165) is 35.6 Å². The van der Waals surface area contributed by atoms with Gasteiger partial charge in [0, 0.05) is 6.54 Å². The van der Waals surface area contributed by atoms with E-state index in [1.54, 1.807) is 20.8 Å². The Bertz CT molecular complexity index is 1250. The summed E-state index contributed by atoms with van der Waals surface area (Å²) < 4.78 is 5.52. The van der Waals surface area contributed by atoms with Gasteiger partial charge < -0.3 is 14.5 Å². The summed E-state index contributed by atoms with van der Waals surface area (Å²) in [6.07, 6.45) is 7.53. The van der Waals surface area contributed by atoms with Crippen molar-refractivity contribution in [3.63, 3.8) is 0 Å². The van der Waals surface area contributed by atoms with Crippen molar-refractivity contribution in [3.05, 3.63) is 59.7 Å². The highest BCUT2D eigenvalue weighted by Crippen LogP contribution is 2.30. The number of carbonyl (C=O) groups is 2. The van der Waals surface area contributed by atoms with Crippen LogP contribution in [0.2, 0.25) is 0 Å². The molecule has 0 radical (unpaired) electrons. The predicted octanol–water partition coefficient (Wildman–Crippen LogP) is 7.62. The van der Waals surface area contributed by atoms with Gasteiger partial charge in [-0.25, -0.2) is 9.79 Å². The van der Waals surface area contributed by atoms with Crippen molar-refractivity contribution in [1.29, 1.82) is 0 Å². The zero-order chi connectivity index (χ0) is 28.9. The summed E-state index contributed by atoms with van der Waals surface area (Å²) in [5, 5.41) is 3.72. The summed E-state index contributed by atoms with van der Waals surface area (Å²) in [4.78, 5) is 39.6. The van der Waals surface area contributed by atoms with Gasteiger partial charge in [0.1, 0.15) is 11.6 Å². The normalized spacial score (nSPS) is 20.2. The van der Waals surface area contributed by atoms with Gasteiger partial charge >= 0.3 is 6.16 Å². The molecule has 1 aliphatic heterocycles. The van der Waals surface area contributed by atoms with Gasteiger partial charge in [-0.15, -0.1) is 0 Å². The minimum Gasteiger partial charge on any atom is -0.427 e. The Morgan fingerprint density at radius 1 is 1.07 bits per heavy atom. The summed E-state index contributed by atoms with van der Waals surface area (Å²) in [7, 11) is 0. The molecule has 40 heavy (non-hydrogen) atoms. The summed E-state index contributed by atoms with van der Waals surface area (Å²) in [6, 6.07) is 13.6. The number of guanidine groups is 1. The number of rotatable bonds is 8. The number of fused-ring (bicyclic) bond motifs is 1. The molecule has 0 spiro atoms. The van der Waals surface area contributed by atoms with E-state index in [1.165, 1.54) is 23.5 Å². The van der Waals surface area contributed by atoms with E-state index in [4.69, 9.17) is 14.6 Å². The van der Waals surface area contributed by atoms with Crippen molar-refractivity contribution in [2.45, 2.75) is 97.8 Å². The molecule has 7 heteroatoms. The van der Waals surface area contributed by atoms with Crippen LogP contribution in [0.3, 0.4) is 0 Å². The topological polar surface area (TPSA) is 71.4 Å². The zero-order valence-corrected chi connectivity index (χ0v) is 25.0. The number of hydrogen-bond donors (Lipinski definition) is 0. The molecule has 7 nitrogen and oxygen atoms in total. The van der Waals surface area contributed by atoms with E-state index in [0.29, 0.717) is 18.9 Å². The Morgan fingerprint density at radius 2 is 1.82 bits per heavy atom. The smallest absolute Gasteiger partial charge is 0.427 e. The summed E-state index contributed by atoms with van der Waals surface area (Å²) >= 11 is 0. The SMILES string of the molecule is CC(C)C[C@H]1C(=O)CN(CCC2=CCCCC2)C(=NC(C)c2cccc3ccccc23)N1OC(=O)OC(C)(C)C. The van der Waals surface area contributed by atoms with Crippen LogP contribution in [0.4, 0.5) is 4.79 Å². The van der Waals surface area contributed by atoms with Gasteiger partial charge in [-0.3, -0.25) is 4.79 Å². The minimum atomic E-state index is -0.837. The minimum absolute atomic E-state index is 0.0200. The zero-order valence-electron chi connectivity index (χ0n) is 25.0. The Morgan fingerprint density at radius 3 is 2.52 bits per heavy atom. The molecular formula is C33H45N3O4. The van der Waals surface area contributed by atoms with Gasteiger partial charge in [0.25, 0.3) is 0 Å². The molecule has 0 amide bonds. The first-order chi connectivity index (χ1) is 19.0. The molecule has 0 N–H and O–H groups in total. The maximum absolute atomic E-state index is 13.6. The van der Waals surface area contributed by atoms with Gasteiger partial charge in [-0.05, 0) is 88.5 Å². The number of Topliss-reactive ketones (excluding diaryl/α,β-unsaturated/α-hetero) is 1. The molecule has 2 aliphatic rings. The van der Waals surface area contributed by atoms with Crippen molar-refractivity contribution in [2.24, 2.45) is 10.9 Å². The van der Waals surface area contributed by atoms with Crippen LogP contribution in [0.5, 0.6) is 0 Å². The fraction of sp³-hybridized carbons (Fsp3) is 0.545. The van der Waals surface area contributed by atoms with Gasteiger partial charge in [-0.2, -0.15) is 5.06 Å². The number of aliphatic imine (C=N–C) groups is 1. The number of nitrogens with zero attached hydrogens (tertiary/aromatic N) is 3. The molecule has 0 aromatic heterocycles. The first-order valence-electron chi connectivity index (χ1n) is 14.7. The lowest BCUT2D eigenvalue weighted by Gasteiger charge is -2.42. The second-order valence-corrected chi connectivity index (χ2v) is 12.4. The van der Waals surface area contributed by atoms with Gasteiger partial charge in [-0.1, -0.05) is 68.0 Å². The lowest BCUT2D eigenvalue weighted by molar-refractivity contribution is -0.156. The Labute approximate surface area is 239 Å². The third-order valence-electron chi connectivity index (χ3n) is 7.41. The van der Waals surface area contributed by atoms with E-state index < -0.39 is 17.8 Å². The van der Waals surface area contributed by atoms with Crippen molar-refractivity contribution in [1.82, 2.24) is 9.96 Å². The molecule has 0 saturated carbocycles. The fourth-order valence-corrected chi connectivity index (χ4v) is 5.49. The van der Waals surface area contributed by atoms with E-state index in [9.17, 15) is 9.59 Å². The van der Waals surface area contributed by atoms with E-state index in [2.05, 4.69) is 51.1 Å². The number of benzene rings is 2. The molecule has 2 aromatic carbocycles. The molecule has 1 fully saturated rings. The van der Waals surface area contributed by atoms with Gasteiger partial charge in [0.2, 0.25) is 5.96 Å². The number of ketones is 1. The highest BCUT2D eigenvalue weighted by atomic mass is 16.8. The third kappa shape index (κ3) is 7.64. The summed E-state index contributed by atoms with van der Waals surface area (Å²) in [5.74, 6) is 0.744. The number of ether oxygens (including phenoxy) is 1. The molecule has 2 atom stereocenters. The van der Waals surface area contributed by atoms with Crippen LogP contribution in [-0.4, -0.2) is 52.6 Å². The lowest BCUT2D eigenvalue weighted by Crippen LogP contribution is -2.61. The molecule has 216 valence electrons. The molecule has 4 rings (SSSR count). The van der Waals surface area contributed by atoms with E-state index in [1.807, 2.05) is 23.1 Å². The summed E-state index contributed by atoms with van der Waals surface area (Å²) in [6.45, 7) is 12.4. The molecular weight excluding hydrogens is 502 g/mol. The number of hydrogen-bond acceptors (Lipinski definition) is 5. The van der Waals surface area contributed by atoms with Crippen LogP contribution in [0.1, 0.15) is 91.7 Å². The maximum atomic E-state index is 13.6. The second kappa shape index (κ2) is 12.9. The average molecular weight is 548 g/mol. The molecule has 1 saturated heterocycles. The molecule has 0 bridgehead atoms. The molecule has 2 aromatic rings. The van der Waals surface area contributed by atoms with Crippen LogP contribution < -0.4 is 0 Å². The van der Waals surface area contributed by atoms with Crippen LogP contribution >= 0.6 is 0 Å². The Kier molecular flexibility index (Phi) is 9.54. The number of allylic oxidation sites excluding steroid dienone is 1. The van der Waals surface area contributed by atoms with Crippen LogP contribution in [0.15, 0.2) is 59.1 Å². The monoisotopic (exact) mass is 547 g/mol. The van der Waals surface area contributed by atoms with Crippen molar-refractivity contribution in [2.75, 3.05) is 13.1 Å². The first kappa shape index (κ1) is 29.6. The first-order valence-corrected chi connectivity index (χ1v) is 14.7. The maximum Gasteiger partial charge on any atom is 0.534 e. The predicted molar refractivity (Wildman–Crippen MR) is 160 cm³/mol. The van der Waals surface area contributed by atoms with Gasteiger partial charge in [0.15, 0.2) is 5.78 Å². The largest absolute Gasteiger partial charge is 0.534 e. The molecule has 1 unspecified atom stereocenters. The average Bonchev–Trinajstić information content (AvgIpc) is 2.90. The van der Waals surface area contributed by atoms with Crippen molar-refractivity contribution in [3.8, 4) is 0 Å². The fourth-order valence-electron chi connectivity index (χ4n) is 5.49. The van der Waals surface area contributed by atoms with Crippen LogP contribution in [0, 0.1) is 5.92 Å². The third-order valence-corrected chi connectivity index (χ3v) is 7.41. The number of carbonyl (C=O) groups excluding carboxylic acids is 2. The standard InChI is InChI=1S/C33H45N3O4/c1-23(2)21-29-30(37)22-35(20-19-25-13-8-7-9-14-25)31(36(29)40-32(38)39-33(4,5)6)34-24(3)27-18-12-16-26-15-10-11-17-28(26)27/h10-13,15-18,23-24,29H,7-9,14,19-22H2,1-6H3/t24?,29-/m0/s1. The molecule has 1 aliphatic carbocycles. The van der Waals surface area contributed by atoms with Crippen molar-refractivity contribution < 1.29 is 19.2 Å². The Balaban J connectivity index is 1.74. The number of hydroxylamine groups is 2. The van der Waals surface area contributed by atoms with E-state index in [-0.39, 0.29) is 24.3 Å². The van der Waals surface area contributed by atoms with E-state index >= 15 is 0 Å². The van der Waals surface area contributed by atoms with Crippen molar-refractivity contribution >= 4 is 28.7 Å². The second-order valence-electron chi connectivity index (χ2n) is 12.4. The Hall–Kier alpha value is -3.35. The lowest BCUT2D eigenvalue weighted by atomic mass is 9.96. The van der Waals surface area contributed by atoms with Crippen LogP contribution in [0.25, 0.3) is 10.8 Å². The van der Waals surface area contributed by atoms with Gasteiger partial charge in [0.05, 0.1) is 12.6 Å². The highest BCUT2D eigenvalue weighted by molar-refractivity contribution is 5.97.